The maximum Gasteiger partial charge on any atom is 0.271 e. The van der Waals surface area contributed by atoms with E-state index < -0.39 is 6.04 Å². The Bertz CT molecular complexity index is 1750. The minimum atomic E-state index is -0.691. The van der Waals surface area contributed by atoms with E-state index in [4.69, 9.17) is 14.5 Å². The number of anilines is 1. The number of ether oxygens (including phenoxy) is 2. The molecule has 0 fully saturated rings. The van der Waals surface area contributed by atoms with Gasteiger partial charge in [0.15, 0.2) is 4.80 Å². The number of aromatic nitrogens is 1. The SMILES string of the molecule is CCOc1ccccc1/C=c1\sc2n(c1=O)[C@H](c1ccc(C)c(OC)c1)C(C(=O)Nc1ccccc1)=C(C)N=2. The molecule has 7 nitrogen and oxygen atoms in total. The van der Waals surface area contributed by atoms with E-state index in [9.17, 15) is 9.59 Å². The summed E-state index contributed by atoms with van der Waals surface area (Å²) in [6, 6.07) is 21.9. The van der Waals surface area contributed by atoms with Gasteiger partial charge in [0, 0.05) is 11.3 Å². The first-order chi connectivity index (χ1) is 18.9. The third-order valence-electron chi connectivity index (χ3n) is 6.55. The van der Waals surface area contributed by atoms with Crippen LogP contribution in [0.1, 0.15) is 36.6 Å². The molecule has 1 amide bonds. The highest BCUT2D eigenvalue weighted by Crippen LogP contribution is 2.33. The van der Waals surface area contributed by atoms with Gasteiger partial charge in [0.25, 0.3) is 11.5 Å². The topological polar surface area (TPSA) is 81.9 Å². The molecule has 0 aliphatic carbocycles. The molecule has 39 heavy (non-hydrogen) atoms. The smallest absolute Gasteiger partial charge is 0.271 e. The van der Waals surface area contributed by atoms with Gasteiger partial charge in [0.2, 0.25) is 0 Å². The fraction of sp³-hybridized carbons (Fsp3) is 0.194. The van der Waals surface area contributed by atoms with Gasteiger partial charge in [0.1, 0.15) is 11.5 Å². The van der Waals surface area contributed by atoms with Gasteiger partial charge in [-0.3, -0.25) is 14.2 Å². The zero-order valence-electron chi connectivity index (χ0n) is 22.2. The second-order valence-corrected chi connectivity index (χ2v) is 10.1. The van der Waals surface area contributed by atoms with Crippen molar-refractivity contribution in [1.82, 2.24) is 4.57 Å². The molecule has 4 aromatic rings. The molecule has 0 radical (unpaired) electrons. The van der Waals surface area contributed by atoms with Crippen LogP contribution in [0.2, 0.25) is 0 Å². The largest absolute Gasteiger partial charge is 0.496 e. The van der Waals surface area contributed by atoms with Gasteiger partial charge < -0.3 is 14.8 Å². The molecule has 3 aromatic carbocycles. The summed E-state index contributed by atoms with van der Waals surface area (Å²) in [5.41, 5.74) is 3.90. The molecule has 1 N–H and O–H groups in total. The number of carbonyl (C=O) groups excluding carboxylic acids is 1. The Labute approximate surface area is 230 Å². The van der Waals surface area contributed by atoms with Crippen molar-refractivity contribution in [1.29, 1.82) is 0 Å². The zero-order valence-corrected chi connectivity index (χ0v) is 23.0. The molecule has 0 saturated heterocycles. The van der Waals surface area contributed by atoms with E-state index in [1.54, 1.807) is 18.6 Å². The lowest BCUT2D eigenvalue weighted by Gasteiger charge is -2.26. The molecular weight excluding hydrogens is 510 g/mol. The lowest BCUT2D eigenvalue weighted by molar-refractivity contribution is -0.113. The number of thiazole rings is 1. The van der Waals surface area contributed by atoms with Crippen LogP contribution in [0.25, 0.3) is 6.08 Å². The first-order valence-corrected chi connectivity index (χ1v) is 13.5. The lowest BCUT2D eigenvalue weighted by atomic mass is 9.94. The molecule has 198 valence electrons. The molecule has 1 aliphatic rings. The van der Waals surface area contributed by atoms with Crippen molar-refractivity contribution in [2.24, 2.45) is 4.99 Å². The third-order valence-corrected chi connectivity index (χ3v) is 7.53. The minimum Gasteiger partial charge on any atom is -0.496 e. The van der Waals surface area contributed by atoms with E-state index >= 15 is 0 Å². The van der Waals surface area contributed by atoms with Crippen molar-refractivity contribution < 1.29 is 14.3 Å². The summed E-state index contributed by atoms with van der Waals surface area (Å²) in [4.78, 5) is 33.0. The highest BCUT2D eigenvalue weighted by Gasteiger charge is 2.33. The Hall–Kier alpha value is -4.43. The van der Waals surface area contributed by atoms with Gasteiger partial charge >= 0.3 is 0 Å². The number of para-hydroxylation sites is 2. The van der Waals surface area contributed by atoms with Crippen molar-refractivity contribution in [3.8, 4) is 11.5 Å². The molecule has 2 heterocycles. The molecule has 0 saturated carbocycles. The first-order valence-electron chi connectivity index (χ1n) is 12.7. The van der Waals surface area contributed by atoms with E-state index in [2.05, 4.69) is 5.32 Å². The van der Waals surface area contributed by atoms with Gasteiger partial charge in [-0.15, -0.1) is 0 Å². The van der Waals surface area contributed by atoms with E-state index in [1.165, 1.54) is 11.3 Å². The predicted molar refractivity (Wildman–Crippen MR) is 154 cm³/mol. The molecule has 0 spiro atoms. The monoisotopic (exact) mass is 539 g/mol. The van der Waals surface area contributed by atoms with E-state index in [0.29, 0.717) is 44.4 Å². The number of amides is 1. The summed E-state index contributed by atoms with van der Waals surface area (Å²) in [5, 5.41) is 2.98. The van der Waals surface area contributed by atoms with Gasteiger partial charge in [-0.1, -0.05) is 59.9 Å². The molecule has 0 bridgehead atoms. The van der Waals surface area contributed by atoms with Gasteiger partial charge in [-0.25, -0.2) is 4.99 Å². The number of fused-ring (bicyclic) bond motifs is 1. The number of aryl methyl sites for hydroxylation is 1. The summed E-state index contributed by atoms with van der Waals surface area (Å²) in [6.45, 7) is 6.19. The Morgan fingerprint density at radius 2 is 1.79 bits per heavy atom. The molecular formula is C31H29N3O4S. The predicted octanol–water partition coefficient (Wildman–Crippen LogP) is 4.59. The number of allylic oxidation sites excluding steroid dienone is 1. The fourth-order valence-corrected chi connectivity index (χ4v) is 5.72. The first kappa shape index (κ1) is 26.2. The van der Waals surface area contributed by atoms with E-state index in [1.807, 2.05) is 92.7 Å². The van der Waals surface area contributed by atoms with Crippen molar-refractivity contribution in [3.63, 3.8) is 0 Å². The summed E-state index contributed by atoms with van der Waals surface area (Å²) >= 11 is 1.29. The van der Waals surface area contributed by atoms with Crippen LogP contribution in [-0.2, 0) is 4.79 Å². The normalized spacial score (nSPS) is 15.0. The third kappa shape index (κ3) is 5.15. The number of carbonyl (C=O) groups is 1. The number of benzene rings is 3. The van der Waals surface area contributed by atoms with Crippen LogP contribution < -0.4 is 29.7 Å². The Morgan fingerprint density at radius 3 is 2.54 bits per heavy atom. The molecule has 0 unspecified atom stereocenters. The van der Waals surface area contributed by atoms with Crippen LogP contribution in [0.4, 0.5) is 5.69 Å². The van der Waals surface area contributed by atoms with Gasteiger partial charge in [0.05, 0.1) is 35.6 Å². The average molecular weight is 540 g/mol. The maximum absolute atomic E-state index is 14.0. The van der Waals surface area contributed by atoms with Gasteiger partial charge in [-0.2, -0.15) is 0 Å². The second kappa shape index (κ2) is 11.1. The van der Waals surface area contributed by atoms with E-state index in [-0.39, 0.29) is 11.5 Å². The number of nitrogens with zero attached hydrogens (tertiary/aromatic N) is 2. The Balaban J connectivity index is 1.70. The summed E-state index contributed by atoms with van der Waals surface area (Å²) < 4.78 is 13.5. The number of hydrogen-bond donors (Lipinski definition) is 1. The van der Waals surface area contributed by atoms with Crippen LogP contribution in [-0.4, -0.2) is 24.2 Å². The second-order valence-electron chi connectivity index (χ2n) is 9.10. The number of methoxy groups -OCH3 is 1. The standard InChI is InChI=1S/C31H29N3O4S/c1-5-38-24-14-10-9-11-21(24)18-26-30(36)34-28(22-16-15-19(2)25(17-22)37-4)27(20(3)32-31(34)39-26)29(35)33-23-12-7-6-8-13-23/h6-18,28H,5H2,1-4H3,(H,33,35)/b26-18-/t28-/m1/s1. The molecule has 1 aromatic heterocycles. The van der Waals surface area contributed by atoms with Gasteiger partial charge in [-0.05, 0) is 62.2 Å². The number of hydrogen-bond acceptors (Lipinski definition) is 6. The highest BCUT2D eigenvalue weighted by atomic mass is 32.1. The van der Waals surface area contributed by atoms with Crippen molar-refractivity contribution in [2.75, 3.05) is 19.0 Å². The van der Waals surface area contributed by atoms with Crippen LogP contribution in [0.3, 0.4) is 0 Å². The van der Waals surface area contributed by atoms with Crippen molar-refractivity contribution >= 4 is 29.0 Å². The molecule has 8 heteroatoms. The summed E-state index contributed by atoms with van der Waals surface area (Å²) in [6.07, 6.45) is 1.82. The lowest BCUT2D eigenvalue weighted by Crippen LogP contribution is -2.40. The van der Waals surface area contributed by atoms with Crippen LogP contribution in [0.15, 0.2) is 93.9 Å². The highest BCUT2D eigenvalue weighted by molar-refractivity contribution is 7.07. The average Bonchev–Trinajstić information content (AvgIpc) is 3.24. The number of nitrogens with one attached hydrogen (secondary N) is 1. The van der Waals surface area contributed by atoms with Crippen molar-refractivity contribution in [3.05, 3.63) is 120 Å². The Kier molecular flexibility index (Phi) is 7.47. The zero-order chi connectivity index (χ0) is 27.5. The summed E-state index contributed by atoms with van der Waals surface area (Å²) in [5.74, 6) is 1.06. The van der Waals surface area contributed by atoms with Crippen molar-refractivity contribution in [2.45, 2.75) is 26.8 Å². The Morgan fingerprint density at radius 1 is 1.05 bits per heavy atom. The maximum atomic E-state index is 14.0. The quantitative estimate of drug-likeness (QED) is 0.373. The van der Waals surface area contributed by atoms with Crippen LogP contribution in [0, 0.1) is 6.92 Å². The molecule has 5 rings (SSSR count). The molecule has 1 aliphatic heterocycles. The van der Waals surface area contributed by atoms with E-state index in [0.717, 1.165) is 16.7 Å². The molecule has 1 atom stereocenters. The fourth-order valence-electron chi connectivity index (χ4n) is 4.68. The number of rotatable bonds is 7. The summed E-state index contributed by atoms with van der Waals surface area (Å²) in [7, 11) is 1.61. The minimum absolute atomic E-state index is 0.230. The van der Waals surface area contributed by atoms with Crippen LogP contribution in [0.5, 0.6) is 11.5 Å². The van der Waals surface area contributed by atoms with Crippen LogP contribution >= 0.6 is 11.3 Å².